The minimum atomic E-state index is 0.396. The number of nitrogens with zero attached hydrogens (tertiary/aromatic N) is 1. The molecule has 2 nitrogen and oxygen atoms in total. The lowest BCUT2D eigenvalue weighted by Gasteiger charge is -2.42. The standard InChI is InChI=1S/C14H20N2/c1-10-2-3-11-4-6-16-7-5-12(15)9-14(16)13(11)8-10/h2-3,8,12,14H,4-7,9,15H2,1H3. The summed E-state index contributed by atoms with van der Waals surface area (Å²) >= 11 is 0. The van der Waals surface area contributed by atoms with E-state index in [4.69, 9.17) is 5.73 Å². The number of fused-ring (bicyclic) bond motifs is 3. The zero-order chi connectivity index (χ0) is 11.1. The Hall–Kier alpha value is -0.860. The first-order valence-electron chi connectivity index (χ1n) is 6.33. The average molecular weight is 216 g/mol. The normalized spacial score (nSPS) is 29.6. The largest absolute Gasteiger partial charge is 0.328 e. The van der Waals surface area contributed by atoms with Crippen LogP contribution in [0.4, 0.5) is 0 Å². The predicted octanol–water partition coefficient (Wildman–Crippen LogP) is 2.02. The van der Waals surface area contributed by atoms with Gasteiger partial charge in [-0.2, -0.15) is 0 Å². The van der Waals surface area contributed by atoms with Crippen LogP contribution in [0.15, 0.2) is 18.2 Å². The second kappa shape index (κ2) is 3.86. The summed E-state index contributed by atoms with van der Waals surface area (Å²) in [5.74, 6) is 0. The molecule has 16 heavy (non-hydrogen) atoms. The van der Waals surface area contributed by atoms with Gasteiger partial charge in [0.25, 0.3) is 0 Å². The fourth-order valence-corrected chi connectivity index (χ4v) is 3.15. The Morgan fingerprint density at radius 3 is 3.06 bits per heavy atom. The number of hydrogen-bond acceptors (Lipinski definition) is 2. The van der Waals surface area contributed by atoms with E-state index in [2.05, 4.69) is 30.0 Å². The first-order valence-corrected chi connectivity index (χ1v) is 6.33. The molecule has 1 saturated heterocycles. The van der Waals surface area contributed by atoms with E-state index in [0.29, 0.717) is 12.1 Å². The van der Waals surface area contributed by atoms with Gasteiger partial charge < -0.3 is 5.73 Å². The van der Waals surface area contributed by atoms with Gasteiger partial charge in [-0.1, -0.05) is 23.8 Å². The van der Waals surface area contributed by atoms with Crippen LogP contribution < -0.4 is 5.73 Å². The molecule has 2 N–H and O–H groups in total. The van der Waals surface area contributed by atoms with Gasteiger partial charge in [-0.15, -0.1) is 0 Å². The lowest BCUT2D eigenvalue weighted by Crippen LogP contribution is -2.45. The molecule has 0 aromatic heterocycles. The van der Waals surface area contributed by atoms with Gasteiger partial charge in [-0.25, -0.2) is 0 Å². The van der Waals surface area contributed by atoms with E-state index >= 15 is 0 Å². The Kier molecular flexibility index (Phi) is 2.49. The van der Waals surface area contributed by atoms with Crippen LogP contribution in [-0.2, 0) is 6.42 Å². The van der Waals surface area contributed by atoms with Gasteiger partial charge >= 0.3 is 0 Å². The van der Waals surface area contributed by atoms with Gasteiger partial charge in [0.1, 0.15) is 0 Å². The Labute approximate surface area is 97.4 Å². The summed E-state index contributed by atoms with van der Waals surface area (Å²) in [6.07, 6.45) is 3.51. The molecule has 2 aliphatic heterocycles. The van der Waals surface area contributed by atoms with Crippen molar-refractivity contribution in [2.45, 2.75) is 38.3 Å². The maximum absolute atomic E-state index is 6.11. The van der Waals surface area contributed by atoms with Crippen molar-refractivity contribution in [1.29, 1.82) is 0 Å². The van der Waals surface area contributed by atoms with E-state index in [1.54, 1.807) is 11.1 Å². The van der Waals surface area contributed by atoms with Crippen LogP contribution in [0.3, 0.4) is 0 Å². The molecule has 3 rings (SSSR count). The van der Waals surface area contributed by atoms with Crippen LogP contribution in [-0.4, -0.2) is 24.0 Å². The zero-order valence-electron chi connectivity index (χ0n) is 9.95. The molecule has 1 fully saturated rings. The molecule has 0 saturated carbocycles. The molecule has 86 valence electrons. The summed E-state index contributed by atoms with van der Waals surface area (Å²) in [5, 5.41) is 0. The molecular formula is C14H20N2. The highest BCUT2D eigenvalue weighted by Gasteiger charge is 2.31. The third-order valence-corrected chi connectivity index (χ3v) is 4.08. The fourth-order valence-electron chi connectivity index (χ4n) is 3.15. The smallest absolute Gasteiger partial charge is 0.0365 e. The first kappa shape index (κ1) is 10.3. The van der Waals surface area contributed by atoms with Crippen molar-refractivity contribution >= 4 is 0 Å². The van der Waals surface area contributed by atoms with Crippen molar-refractivity contribution in [2.75, 3.05) is 13.1 Å². The Morgan fingerprint density at radius 2 is 2.19 bits per heavy atom. The van der Waals surface area contributed by atoms with Gasteiger partial charge in [0, 0.05) is 25.2 Å². The molecule has 0 bridgehead atoms. The van der Waals surface area contributed by atoms with Gasteiger partial charge in [-0.3, -0.25) is 4.90 Å². The van der Waals surface area contributed by atoms with Crippen LogP contribution in [0.2, 0.25) is 0 Å². The summed E-state index contributed by atoms with van der Waals surface area (Å²) in [5.41, 5.74) is 10.6. The van der Waals surface area contributed by atoms with Crippen molar-refractivity contribution in [2.24, 2.45) is 5.73 Å². The lowest BCUT2D eigenvalue weighted by atomic mass is 9.84. The summed E-state index contributed by atoms with van der Waals surface area (Å²) < 4.78 is 0. The third kappa shape index (κ3) is 1.66. The highest BCUT2D eigenvalue weighted by Crippen LogP contribution is 2.36. The number of aryl methyl sites for hydroxylation is 1. The number of nitrogens with two attached hydrogens (primary N) is 1. The predicted molar refractivity (Wildman–Crippen MR) is 66.4 cm³/mol. The summed E-state index contributed by atoms with van der Waals surface area (Å²) in [6.45, 7) is 4.58. The van der Waals surface area contributed by atoms with Crippen LogP contribution in [0, 0.1) is 6.92 Å². The van der Waals surface area contributed by atoms with E-state index in [1.807, 2.05) is 0 Å². The molecule has 0 amide bonds. The highest BCUT2D eigenvalue weighted by atomic mass is 15.2. The van der Waals surface area contributed by atoms with Crippen molar-refractivity contribution in [3.8, 4) is 0 Å². The van der Waals surface area contributed by atoms with E-state index in [-0.39, 0.29) is 0 Å². The SMILES string of the molecule is Cc1ccc2c(c1)C1CC(N)CCN1CC2. The molecule has 2 heteroatoms. The van der Waals surface area contributed by atoms with Crippen LogP contribution in [0.5, 0.6) is 0 Å². The van der Waals surface area contributed by atoms with E-state index < -0.39 is 0 Å². The van der Waals surface area contributed by atoms with E-state index in [1.165, 1.54) is 25.1 Å². The molecule has 1 aromatic carbocycles. The Bertz CT molecular complexity index is 400. The molecule has 0 spiro atoms. The topological polar surface area (TPSA) is 29.3 Å². The molecular weight excluding hydrogens is 196 g/mol. The second-order valence-corrected chi connectivity index (χ2v) is 5.29. The fraction of sp³-hybridized carbons (Fsp3) is 0.571. The maximum atomic E-state index is 6.11. The molecule has 2 heterocycles. The minimum Gasteiger partial charge on any atom is -0.328 e. The maximum Gasteiger partial charge on any atom is 0.0365 e. The summed E-state index contributed by atoms with van der Waals surface area (Å²) in [7, 11) is 0. The number of benzene rings is 1. The van der Waals surface area contributed by atoms with Gasteiger partial charge in [-0.05, 0) is 37.3 Å². The van der Waals surface area contributed by atoms with Crippen LogP contribution >= 0.6 is 0 Å². The molecule has 1 aromatic rings. The van der Waals surface area contributed by atoms with Crippen LogP contribution in [0.25, 0.3) is 0 Å². The van der Waals surface area contributed by atoms with Crippen molar-refractivity contribution in [1.82, 2.24) is 4.90 Å². The number of hydrogen-bond donors (Lipinski definition) is 1. The van der Waals surface area contributed by atoms with Crippen molar-refractivity contribution in [3.05, 3.63) is 34.9 Å². The molecule has 2 aliphatic rings. The number of piperidine rings is 1. The lowest BCUT2D eigenvalue weighted by molar-refractivity contribution is 0.126. The van der Waals surface area contributed by atoms with E-state index in [0.717, 1.165) is 12.8 Å². The van der Waals surface area contributed by atoms with Gasteiger partial charge in [0.15, 0.2) is 0 Å². The van der Waals surface area contributed by atoms with E-state index in [9.17, 15) is 0 Å². The monoisotopic (exact) mass is 216 g/mol. The number of rotatable bonds is 0. The molecule has 0 aliphatic carbocycles. The van der Waals surface area contributed by atoms with Gasteiger partial charge in [0.2, 0.25) is 0 Å². The van der Waals surface area contributed by atoms with Crippen molar-refractivity contribution in [3.63, 3.8) is 0 Å². The minimum absolute atomic E-state index is 0.396. The van der Waals surface area contributed by atoms with Crippen LogP contribution in [0.1, 0.15) is 35.6 Å². The van der Waals surface area contributed by atoms with Gasteiger partial charge in [0.05, 0.1) is 0 Å². The highest BCUT2D eigenvalue weighted by molar-refractivity contribution is 5.36. The summed E-state index contributed by atoms with van der Waals surface area (Å²) in [4.78, 5) is 2.62. The zero-order valence-corrected chi connectivity index (χ0v) is 9.95. The molecule has 2 atom stereocenters. The van der Waals surface area contributed by atoms with Crippen molar-refractivity contribution < 1.29 is 0 Å². The molecule has 0 radical (unpaired) electrons. The Morgan fingerprint density at radius 1 is 1.31 bits per heavy atom. The average Bonchev–Trinajstić information content (AvgIpc) is 2.29. The second-order valence-electron chi connectivity index (χ2n) is 5.29. The molecule has 2 unspecified atom stereocenters. The Balaban J connectivity index is 1.99. The summed E-state index contributed by atoms with van der Waals surface area (Å²) in [6, 6.07) is 7.89. The quantitative estimate of drug-likeness (QED) is 0.719. The third-order valence-electron chi connectivity index (χ3n) is 4.08. The first-order chi connectivity index (χ1) is 7.74.